The van der Waals surface area contributed by atoms with Crippen molar-refractivity contribution in [1.29, 1.82) is 0 Å². The normalized spacial score (nSPS) is 28.2. The van der Waals surface area contributed by atoms with Crippen molar-refractivity contribution in [3.05, 3.63) is 106 Å². The summed E-state index contributed by atoms with van der Waals surface area (Å²) in [5, 5.41) is 34.6. The topological polar surface area (TPSA) is 319 Å². The fourth-order valence-corrected chi connectivity index (χ4v) is 12.8. The van der Waals surface area contributed by atoms with Crippen molar-refractivity contribution in [1.82, 2.24) is 50.7 Å². The van der Waals surface area contributed by atoms with E-state index in [1.54, 1.807) is 110 Å². The lowest BCUT2D eigenvalue weighted by Gasteiger charge is -2.37. The maximum atomic E-state index is 15.5. The summed E-state index contributed by atoms with van der Waals surface area (Å²) in [7, 11) is 8.55. The first-order valence-corrected chi connectivity index (χ1v) is 31.5. The number of rotatable bonds is 8. The maximum absolute atomic E-state index is 15.5. The Hall–Kier alpha value is -8.72. The van der Waals surface area contributed by atoms with Gasteiger partial charge in [-0.05, 0) is 111 Å². The van der Waals surface area contributed by atoms with E-state index in [2.05, 4.69) is 21.3 Å². The third-order valence-electron chi connectivity index (χ3n) is 17.8. The number of esters is 1. The summed E-state index contributed by atoms with van der Waals surface area (Å²) in [6, 6.07) is 7.94. The van der Waals surface area contributed by atoms with Crippen LogP contribution in [0.2, 0.25) is 0 Å². The first kappa shape index (κ1) is 70.2. The van der Waals surface area contributed by atoms with Gasteiger partial charge in [-0.1, -0.05) is 90.1 Å². The van der Waals surface area contributed by atoms with Crippen molar-refractivity contribution < 1.29 is 77.1 Å². The first-order chi connectivity index (χ1) is 44.1. The minimum Gasteiger partial charge on any atom is -0.493 e. The lowest BCUT2D eigenvalue weighted by Crippen LogP contribution is -2.60. The highest BCUT2D eigenvalue weighted by Gasteiger charge is 2.48. The Morgan fingerprint density at radius 2 is 1.31 bits per heavy atom. The minimum absolute atomic E-state index is 0.0140. The molecule has 9 amide bonds. The number of fused-ring (bicyclic) bond motifs is 4. The number of carbonyl (C=O) groups is 10. The van der Waals surface area contributed by atoms with Crippen LogP contribution in [0.25, 0.3) is 6.08 Å². The molecule has 93 heavy (non-hydrogen) atoms. The zero-order valence-corrected chi connectivity index (χ0v) is 55.0. The van der Waals surface area contributed by atoms with E-state index >= 15 is 28.8 Å². The number of likely N-dealkylation sites (N-methyl/N-ethyl adjacent to an activating group) is 4. The molecule has 6 bridgehead atoms. The monoisotopic (exact) mass is 1290 g/mol. The number of epoxide rings is 1. The van der Waals surface area contributed by atoms with Crippen LogP contribution in [0, 0.1) is 17.8 Å². The second-order valence-electron chi connectivity index (χ2n) is 25.5. The molecule has 26 heteroatoms. The number of hydrogen-bond acceptors (Lipinski definition) is 17. The fraction of sp³-hybridized carbons (Fsp3) is 0.522. The van der Waals surface area contributed by atoms with Crippen LogP contribution in [-0.2, 0) is 57.4 Å². The zero-order chi connectivity index (χ0) is 68.0. The number of aliphatic hydroxyl groups is 2. The summed E-state index contributed by atoms with van der Waals surface area (Å²) < 4.78 is 23.7. The smallest absolute Gasteiger partial charge is 0.355 e. The summed E-state index contributed by atoms with van der Waals surface area (Å²) in [4.78, 5) is 158. The number of amides is 9. The van der Waals surface area contributed by atoms with Gasteiger partial charge in [0.15, 0.2) is 11.5 Å². The molecule has 9 rings (SSSR count). The van der Waals surface area contributed by atoms with Gasteiger partial charge in [-0.3, -0.25) is 48.1 Å². The van der Waals surface area contributed by atoms with Crippen molar-refractivity contribution in [3.8, 4) is 17.2 Å². The van der Waals surface area contributed by atoms with Crippen molar-refractivity contribution in [2.24, 2.45) is 17.8 Å². The van der Waals surface area contributed by atoms with E-state index in [1.165, 1.54) is 79.1 Å². The third kappa shape index (κ3) is 15.4. The molecule has 3 aromatic carbocycles. The van der Waals surface area contributed by atoms with Crippen LogP contribution in [0.3, 0.4) is 0 Å². The minimum atomic E-state index is -1.91. The summed E-state index contributed by atoms with van der Waals surface area (Å²) in [5.74, 6) is -9.75. The van der Waals surface area contributed by atoms with Crippen molar-refractivity contribution in [2.45, 2.75) is 141 Å². The van der Waals surface area contributed by atoms with Crippen molar-refractivity contribution >= 4 is 65.2 Å². The van der Waals surface area contributed by atoms with Crippen LogP contribution in [0.1, 0.15) is 103 Å². The van der Waals surface area contributed by atoms with Gasteiger partial charge in [0.1, 0.15) is 83.8 Å². The number of benzene rings is 3. The average molecular weight is 1290 g/mol. The molecular formula is C67H88N10O16. The zero-order valence-electron chi connectivity index (χ0n) is 55.0. The average Bonchev–Trinajstić information content (AvgIpc) is 1.81. The standard InChI is InChI=1S/C67H88N10O16/c1-35(2)50-59(81)69-51(40-19-15-14-16-20-40)64(86)77-30-18-22-45(77)62(84)74(11)54(36(3)4)60(82)70-52(43(33-78)49-34-91-49)65(87)76-29-17-21-44(76)58(80)71-53-57(79)41-25-28-47(90-13)48(32-41)93-42-26-23-39(24-27-42)31-46(67(89)92-38(7)56(72(8)9)61(83)68-50)73(10)66(88)55(37(5)6)75(12)63(53)85/h14-16,19-20,23-28,31-32,35-38,44-45,49-51,53-57,78-79H,17-18,21-22,29-30,33-34H2,1-13H3,(H,68,83)(H,69,81)(H,70,82)(H,71,80)/b46-31-,52-43+. The van der Waals surface area contributed by atoms with Gasteiger partial charge in [-0.2, -0.15) is 0 Å². The van der Waals surface area contributed by atoms with Gasteiger partial charge in [-0.15, -0.1) is 0 Å². The van der Waals surface area contributed by atoms with Crippen LogP contribution < -0.4 is 30.7 Å². The number of hydrogen-bond donors (Lipinski definition) is 6. The molecule has 0 saturated carbocycles. The van der Waals surface area contributed by atoms with Gasteiger partial charge >= 0.3 is 5.97 Å². The highest BCUT2D eigenvalue weighted by atomic mass is 16.6. The lowest BCUT2D eigenvalue weighted by molar-refractivity contribution is -0.155. The Bertz CT molecular complexity index is 3390. The molecule has 26 nitrogen and oxygen atoms in total. The Kier molecular flexibility index (Phi) is 22.6. The second-order valence-corrected chi connectivity index (χ2v) is 25.5. The molecule has 4 fully saturated rings. The molecule has 0 aromatic heterocycles. The van der Waals surface area contributed by atoms with Gasteiger partial charge in [-0.25, -0.2) is 4.79 Å². The number of ether oxygens (including phenoxy) is 4. The van der Waals surface area contributed by atoms with E-state index in [0.717, 1.165) is 9.80 Å². The highest BCUT2D eigenvalue weighted by molar-refractivity contribution is 6.04. The molecular weight excluding hydrogens is 1200 g/mol. The third-order valence-corrected chi connectivity index (χ3v) is 17.8. The Balaban J connectivity index is 1.28. The van der Waals surface area contributed by atoms with Gasteiger partial charge in [0, 0.05) is 39.8 Å². The van der Waals surface area contributed by atoms with Gasteiger partial charge in [0.05, 0.1) is 20.3 Å². The fourth-order valence-electron chi connectivity index (χ4n) is 12.8. The lowest BCUT2D eigenvalue weighted by atomic mass is 9.96. The number of nitrogens with one attached hydrogen (secondary N) is 4. The van der Waals surface area contributed by atoms with Gasteiger partial charge in [0.25, 0.3) is 5.91 Å². The van der Waals surface area contributed by atoms with E-state index in [4.69, 9.17) is 18.9 Å². The molecule has 6 N–H and O–H groups in total. The molecule has 6 heterocycles. The van der Waals surface area contributed by atoms with Crippen molar-refractivity contribution in [2.75, 3.05) is 68.7 Å². The number of nitrogens with zero attached hydrogens (tertiary/aromatic N) is 6. The second kappa shape index (κ2) is 29.9. The number of methoxy groups -OCH3 is 1. The van der Waals surface area contributed by atoms with Crippen LogP contribution in [0.5, 0.6) is 17.2 Å². The predicted octanol–water partition coefficient (Wildman–Crippen LogP) is 2.40. The Morgan fingerprint density at radius 1 is 0.688 bits per heavy atom. The summed E-state index contributed by atoms with van der Waals surface area (Å²) in [6.07, 6.45) is -1.82. The Labute approximate surface area is 541 Å². The van der Waals surface area contributed by atoms with Crippen molar-refractivity contribution in [3.63, 3.8) is 0 Å². The van der Waals surface area contributed by atoms with E-state index in [0.29, 0.717) is 17.5 Å². The molecule has 6 aliphatic rings. The Morgan fingerprint density at radius 3 is 1.90 bits per heavy atom. The summed E-state index contributed by atoms with van der Waals surface area (Å²) in [6.45, 7) is 10.9. The molecule has 11 unspecified atom stereocenters. The quantitative estimate of drug-likeness (QED) is 0.107. The SMILES string of the molecule is COc1ccc2cc1Oc1ccc(cc1)/C=C1/C(=O)OC(C)C(N(C)C)C(=O)NC(C(C)C)C(=O)NC(c3ccccc3)C(=O)N3CCCC3C(=O)N(C)C(C(C)C)C(=O)N/C(=C(\CO)C3CO3)C(=O)N3CCCC3C(=O)NC(C(=O)N(C)C(C(C)C)C(=O)N1C)C2O. The molecule has 4 saturated heterocycles. The number of aliphatic hydroxyl groups excluding tert-OH is 2. The molecule has 0 radical (unpaired) electrons. The van der Waals surface area contributed by atoms with Crippen LogP contribution in [0.4, 0.5) is 0 Å². The van der Waals surface area contributed by atoms with E-state index < -0.39 is 156 Å². The molecule has 0 spiro atoms. The molecule has 3 aromatic rings. The van der Waals surface area contributed by atoms with Gasteiger partial charge in [0.2, 0.25) is 47.3 Å². The van der Waals surface area contributed by atoms with E-state index in [-0.39, 0.29) is 73.0 Å². The largest absolute Gasteiger partial charge is 0.493 e. The summed E-state index contributed by atoms with van der Waals surface area (Å²) in [5.41, 5.74) is 0.0205. The maximum Gasteiger partial charge on any atom is 0.355 e. The van der Waals surface area contributed by atoms with Crippen LogP contribution >= 0.6 is 0 Å². The molecule has 11 atom stereocenters. The summed E-state index contributed by atoms with van der Waals surface area (Å²) >= 11 is 0. The predicted molar refractivity (Wildman–Crippen MR) is 339 cm³/mol. The van der Waals surface area contributed by atoms with Gasteiger partial charge < -0.3 is 74.9 Å². The highest BCUT2D eigenvalue weighted by Crippen LogP contribution is 2.37. The van der Waals surface area contributed by atoms with E-state index in [1.807, 2.05) is 0 Å². The van der Waals surface area contributed by atoms with Crippen LogP contribution in [-0.4, -0.2) is 222 Å². The number of cyclic esters (lactones) is 1. The molecule has 0 aliphatic carbocycles. The van der Waals surface area contributed by atoms with Crippen LogP contribution in [0.15, 0.2) is 89.8 Å². The first-order valence-electron chi connectivity index (χ1n) is 31.5. The molecule has 6 aliphatic heterocycles. The molecule has 502 valence electrons. The number of carbonyl (C=O) groups excluding carboxylic acids is 10. The van der Waals surface area contributed by atoms with E-state index in [9.17, 15) is 29.4 Å².